The zero-order valence-electron chi connectivity index (χ0n) is 18.1. The van der Waals surface area contributed by atoms with Crippen molar-refractivity contribution in [2.75, 3.05) is 19.8 Å². The van der Waals surface area contributed by atoms with Crippen molar-refractivity contribution in [3.05, 3.63) is 59.1 Å². The standard InChI is InChI=1S/C23H27ClN4O5/c24-16-3-1-15(2-4-16)10-27-22(30)9-18-5-6-20-21(33-18)14-32-13-17(29)12-28(20)23(31)19-11-25-7-8-26-19/h1-4,7-8,11,17-18,20-21,29H,5-6,9-10,12-14H2,(H,27,30)/t17-,18+,20-,21+/m1/s1. The predicted molar refractivity (Wildman–Crippen MR) is 119 cm³/mol. The van der Waals surface area contributed by atoms with Crippen LogP contribution in [0.3, 0.4) is 0 Å². The van der Waals surface area contributed by atoms with Crippen LogP contribution in [-0.4, -0.2) is 75.9 Å². The highest BCUT2D eigenvalue weighted by Gasteiger charge is 2.40. The van der Waals surface area contributed by atoms with Crippen LogP contribution in [0.25, 0.3) is 0 Å². The number of β-amino-alcohol motifs (C(OH)–C–C–N with tert-alkyl or cyclic N) is 1. The summed E-state index contributed by atoms with van der Waals surface area (Å²) in [5.74, 6) is -0.412. The van der Waals surface area contributed by atoms with E-state index in [2.05, 4.69) is 15.3 Å². The molecule has 0 radical (unpaired) electrons. The van der Waals surface area contributed by atoms with Crippen molar-refractivity contribution in [3.8, 4) is 0 Å². The number of carbonyl (C=O) groups excluding carboxylic acids is 2. The number of halogens is 1. The van der Waals surface area contributed by atoms with E-state index in [0.717, 1.165) is 5.56 Å². The quantitative estimate of drug-likeness (QED) is 0.676. The minimum Gasteiger partial charge on any atom is -0.389 e. The molecule has 10 heteroatoms. The van der Waals surface area contributed by atoms with Crippen LogP contribution < -0.4 is 5.32 Å². The van der Waals surface area contributed by atoms with E-state index in [-0.39, 0.29) is 55.8 Å². The van der Waals surface area contributed by atoms with Crippen molar-refractivity contribution >= 4 is 23.4 Å². The first-order valence-electron chi connectivity index (χ1n) is 11.0. The van der Waals surface area contributed by atoms with Crippen LogP contribution in [0, 0.1) is 0 Å². The monoisotopic (exact) mass is 474 g/mol. The van der Waals surface area contributed by atoms with Gasteiger partial charge in [-0.3, -0.25) is 14.6 Å². The Hall–Kier alpha value is -2.59. The summed E-state index contributed by atoms with van der Waals surface area (Å²) in [6, 6.07) is 7.02. The van der Waals surface area contributed by atoms with Gasteiger partial charge in [0.2, 0.25) is 5.91 Å². The molecule has 2 N–H and O–H groups in total. The first-order valence-corrected chi connectivity index (χ1v) is 11.4. The number of aromatic nitrogens is 2. The summed E-state index contributed by atoms with van der Waals surface area (Å²) in [6.45, 7) is 0.861. The number of nitrogens with one attached hydrogen (secondary N) is 1. The Morgan fingerprint density at radius 2 is 2.00 bits per heavy atom. The van der Waals surface area contributed by atoms with Gasteiger partial charge in [-0.2, -0.15) is 0 Å². The number of aliphatic hydroxyl groups is 1. The van der Waals surface area contributed by atoms with Crippen LogP contribution in [0.15, 0.2) is 42.9 Å². The van der Waals surface area contributed by atoms with E-state index in [1.807, 2.05) is 12.1 Å². The van der Waals surface area contributed by atoms with Gasteiger partial charge in [0.25, 0.3) is 5.91 Å². The molecule has 0 saturated carbocycles. The van der Waals surface area contributed by atoms with Crippen molar-refractivity contribution in [2.24, 2.45) is 0 Å². The maximum Gasteiger partial charge on any atom is 0.274 e. The second-order valence-electron chi connectivity index (χ2n) is 8.29. The van der Waals surface area contributed by atoms with Crippen LogP contribution in [0.5, 0.6) is 0 Å². The number of nitrogens with zero attached hydrogens (tertiary/aromatic N) is 3. The van der Waals surface area contributed by atoms with Crippen LogP contribution >= 0.6 is 11.6 Å². The highest BCUT2D eigenvalue weighted by Crippen LogP contribution is 2.28. The molecule has 1 aromatic carbocycles. The largest absolute Gasteiger partial charge is 0.389 e. The molecular weight excluding hydrogens is 448 g/mol. The van der Waals surface area contributed by atoms with E-state index in [4.69, 9.17) is 21.1 Å². The predicted octanol–water partition coefficient (Wildman–Crippen LogP) is 1.59. The molecule has 2 aromatic rings. The van der Waals surface area contributed by atoms with E-state index in [9.17, 15) is 14.7 Å². The Bertz CT molecular complexity index is 946. The van der Waals surface area contributed by atoms with E-state index < -0.39 is 12.2 Å². The average Bonchev–Trinajstić information content (AvgIpc) is 2.82. The summed E-state index contributed by atoms with van der Waals surface area (Å²) in [4.78, 5) is 35.3. The highest BCUT2D eigenvalue weighted by atomic mass is 35.5. The molecule has 2 saturated heterocycles. The van der Waals surface area contributed by atoms with Crippen molar-refractivity contribution in [1.82, 2.24) is 20.2 Å². The second kappa shape index (κ2) is 11.0. The van der Waals surface area contributed by atoms with Crippen LogP contribution in [-0.2, 0) is 20.8 Å². The van der Waals surface area contributed by atoms with E-state index in [1.165, 1.54) is 18.6 Å². The Balaban J connectivity index is 1.37. The van der Waals surface area contributed by atoms with Crippen LogP contribution in [0.2, 0.25) is 5.02 Å². The molecule has 176 valence electrons. The van der Waals surface area contributed by atoms with Gasteiger partial charge in [0.05, 0.1) is 44.1 Å². The van der Waals surface area contributed by atoms with Crippen molar-refractivity contribution in [1.29, 1.82) is 0 Å². The van der Waals surface area contributed by atoms with Crippen molar-refractivity contribution < 1.29 is 24.2 Å². The van der Waals surface area contributed by atoms with Gasteiger partial charge >= 0.3 is 0 Å². The Kier molecular flexibility index (Phi) is 7.87. The summed E-state index contributed by atoms with van der Waals surface area (Å²) >= 11 is 5.89. The van der Waals surface area contributed by atoms with Gasteiger partial charge in [0.1, 0.15) is 11.8 Å². The SMILES string of the molecule is O=C(C[C@@H]1CC[C@@H]2[C@H](COC[C@H](O)CN2C(=O)c2cnccn2)O1)NCc1ccc(Cl)cc1. The lowest BCUT2D eigenvalue weighted by molar-refractivity contribution is -0.151. The van der Waals surface area contributed by atoms with Crippen LogP contribution in [0.1, 0.15) is 35.3 Å². The lowest BCUT2D eigenvalue weighted by Crippen LogP contribution is -2.57. The summed E-state index contributed by atoms with van der Waals surface area (Å²) in [5, 5.41) is 13.8. The van der Waals surface area contributed by atoms with Crippen molar-refractivity contribution in [2.45, 2.75) is 50.2 Å². The number of fused-ring (bicyclic) bond motifs is 1. The Labute approximate surface area is 197 Å². The molecule has 0 spiro atoms. The topological polar surface area (TPSA) is 114 Å². The van der Waals surface area contributed by atoms with Gasteiger partial charge in [0, 0.05) is 30.5 Å². The molecular formula is C23H27ClN4O5. The zero-order valence-corrected chi connectivity index (χ0v) is 18.9. The molecule has 0 unspecified atom stereocenters. The maximum atomic E-state index is 13.1. The van der Waals surface area contributed by atoms with Gasteiger partial charge in [-0.15, -0.1) is 0 Å². The number of aliphatic hydroxyl groups excluding tert-OH is 1. The minimum atomic E-state index is -0.803. The third-order valence-electron chi connectivity index (χ3n) is 5.84. The first kappa shape index (κ1) is 23.6. The van der Waals surface area contributed by atoms with Gasteiger partial charge in [-0.25, -0.2) is 4.98 Å². The number of carbonyl (C=O) groups is 2. The molecule has 4 atom stereocenters. The normalized spacial score (nSPS) is 25.5. The number of hydrogen-bond donors (Lipinski definition) is 2. The lowest BCUT2D eigenvalue weighted by Gasteiger charge is -2.44. The minimum absolute atomic E-state index is 0.100. The van der Waals surface area contributed by atoms with E-state index in [0.29, 0.717) is 24.4 Å². The third kappa shape index (κ3) is 6.26. The molecule has 4 rings (SSSR count). The molecule has 2 fully saturated rings. The van der Waals surface area contributed by atoms with E-state index in [1.54, 1.807) is 17.0 Å². The number of benzene rings is 1. The fraction of sp³-hybridized carbons (Fsp3) is 0.478. The molecule has 0 aliphatic carbocycles. The van der Waals surface area contributed by atoms with E-state index >= 15 is 0 Å². The van der Waals surface area contributed by atoms with Gasteiger partial charge < -0.3 is 24.8 Å². The lowest BCUT2D eigenvalue weighted by atomic mass is 9.94. The zero-order chi connectivity index (χ0) is 23.2. The first-order chi connectivity index (χ1) is 16.0. The van der Waals surface area contributed by atoms with Gasteiger partial charge in [0.15, 0.2) is 0 Å². The van der Waals surface area contributed by atoms with Gasteiger partial charge in [-0.05, 0) is 30.5 Å². The molecule has 1 aromatic heterocycles. The molecule has 3 heterocycles. The van der Waals surface area contributed by atoms with Crippen molar-refractivity contribution in [3.63, 3.8) is 0 Å². The molecule has 9 nitrogen and oxygen atoms in total. The van der Waals surface area contributed by atoms with Crippen LogP contribution in [0.4, 0.5) is 0 Å². The number of ether oxygens (including phenoxy) is 2. The number of rotatable bonds is 5. The second-order valence-corrected chi connectivity index (χ2v) is 8.72. The summed E-state index contributed by atoms with van der Waals surface area (Å²) in [6.07, 6.45) is 4.35. The van der Waals surface area contributed by atoms with Gasteiger partial charge in [-0.1, -0.05) is 23.7 Å². The average molecular weight is 475 g/mol. The molecule has 2 aliphatic heterocycles. The molecule has 2 amide bonds. The Morgan fingerprint density at radius 1 is 1.18 bits per heavy atom. The molecule has 2 aliphatic rings. The Morgan fingerprint density at radius 3 is 2.76 bits per heavy atom. The highest BCUT2D eigenvalue weighted by molar-refractivity contribution is 6.30. The maximum absolute atomic E-state index is 13.1. The summed E-state index contributed by atoms with van der Waals surface area (Å²) < 4.78 is 11.8. The molecule has 33 heavy (non-hydrogen) atoms. The number of amides is 2. The fourth-order valence-electron chi connectivity index (χ4n) is 4.21. The number of hydrogen-bond acceptors (Lipinski definition) is 7. The summed E-state index contributed by atoms with van der Waals surface area (Å²) in [7, 11) is 0. The summed E-state index contributed by atoms with van der Waals surface area (Å²) in [5.41, 5.74) is 1.18. The smallest absolute Gasteiger partial charge is 0.274 e. The third-order valence-corrected chi connectivity index (χ3v) is 6.09. The molecule has 0 bridgehead atoms. The fourth-order valence-corrected chi connectivity index (χ4v) is 4.34.